The van der Waals surface area contributed by atoms with E-state index in [2.05, 4.69) is 33.2 Å². The molecule has 1 aromatic heterocycles. The Morgan fingerprint density at radius 1 is 1.00 bits per heavy atom. The summed E-state index contributed by atoms with van der Waals surface area (Å²) in [5.74, 6) is 0.0333. The first-order chi connectivity index (χ1) is 15.0. The lowest BCUT2D eigenvalue weighted by Gasteiger charge is -2.34. The maximum absolute atomic E-state index is 12.5. The number of aryl methyl sites for hydroxylation is 1. The lowest BCUT2D eigenvalue weighted by Crippen LogP contribution is -2.49. The third-order valence-corrected chi connectivity index (χ3v) is 6.22. The van der Waals surface area contributed by atoms with Gasteiger partial charge in [0.1, 0.15) is 6.33 Å². The molecule has 8 heteroatoms. The molecule has 0 unspecified atom stereocenters. The number of para-hydroxylation sites is 1. The highest BCUT2D eigenvalue weighted by molar-refractivity contribution is 7.71. The average molecular weight is 437 g/mol. The van der Waals surface area contributed by atoms with Crippen LogP contribution in [-0.2, 0) is 11.5 Å². The highest BCUT2D eigenvalue weighted by Gasteiger charge is 2.20. The second-order valence-electron chi connectivity index (χ2n) is 7.95. The Labute approximate surface area is 187 Å². The van der Waals surface area contributed by atoms with Gasteiger partial charge in [0.05, 0.1) is 13.2 Å². The van der Waals surface area contributed by atoms with Crippen molar-refractivity contribution in [2.45, 2.75) is 20.5 Å². The van der Waals surface area contributed by atoms with Gasteiger partial charge < -0.3 is 5.32 Å². The Bertz CT molecular complexity index is 1100. The molecule has 31 heavy (non-hydrogen) atoms. The van der Waals surface area contributed by atoms with Crippen LogP contribution >= 0.6 is 12.2 Å². The summed E-state index contributed by atoms with van der Waals surface area (Å²) in [4.78, 5) is 17.0. The Kier molecular flexibility index (Phi) is 6.60. The maximum atomic E-state index is 12.5. The van der Waals surface area contributed by atoms with Crippen LogP contribution in [0.5, 0.6) is 0 Å². The van der Waals surface area contributed by atoms with E-state index in [1.807, 2.05) is 58.6 Å². The van der Waals surface area contributed by atoms with Gasteiger partial charge in [-0.2, -0.15) is 5.10 Å². The molecule has 0 aliphatic carbocycles. The van der Waals surface area contributed by atoms with Crippen molar-refractivity contribution in [1.82, 2.24) is 24.1 Å². The van der Waals surface area contributed by atoms with Crippen LogP contribution in [0.15, 0.2) is 54.9 Å². The Morgan fingerprint density at radius 3 is 2.45 bits per heavy atom. The third kappa shape index (κ3) is 5.10. The summed E-state index contributed by atoms with van der Waals surface area (Å²) in [7, 11) is 0. The topological polar surface area (TPSA) is 58.3 Å². The van der Waals surface area contributed by atoms with Gasteiger partial charge in [-0.15, -0.1) is 0 Å². The standard InChI is InChI=1S/C23H28N6OS/c1-18-7-6-10-21(19(18)2)25-22(30)15-26-11-13-27(14-12-26)17-29-23(31)28(16-24-29)20-8-4-3-5-9-20/h3-10,16H,11-15,17H2,1-2H3,(H,25,30). The van der Waals surface area contributed by atoms with E-state index >= 15 is 0 Å². The minimum absolute atomic E-state index is 0.0333. The quantitative estimate of drug-likeness (QED) is 0.601. The molecule has 1 N–H and O–H groups in total. The number of carbonyl (C=O) groups is 1. The fourth-order valence-electron chi connectivity index (χ4n) is 3.76. The molecule has 0 saturated carbocycles. The number of hydrogen-bond acceptors (Lipinski definition) is 5. The zero-order chi connectivity index (χ0) is 21.8. The van der Waals surface area contributed by atoms with Crippen molar-refractivity contribution in [3.63, 3.8) is 0 Å². The van der Waals surface area contributed by atoms with Crippen molar-refractivity contribution in [3.8, 4) is 5.69 Å². The molecule has 2 aromatic carbocycles. The van der Waals surface area contributed by atoms with Crippen LogP contribution in [0.1, 0.15) is 11.1 Å². The van der Waals surface area contributed by atoms with Crippen LogP contribution in [0.3, 0.4) is 0 Å². The number of hydrogen-bond donors (Lipinski definition) is 1. The average Bonchev–Trinajstić information content (AvgIpc) is 3.13. The number of nitrogens with zero attached hydrogens (tertiary/aromatic N) is 5. The number of amides is 1. The molecule has 0 bridgehead atoms. The Hall–Kier alpha value is -2.81. The first-order valence-electron chi connectivity index (χ1n) is 10.5. The predicted molar refractivity (Wildman–Crippen MR) is 125 cm³/mol. The molecule has 1 saturated heterocycles. The van der Waals surface area contributed by atoms with Crippen molar-refractivity contribution in [1.29, 1.82) is 0 Å². The molecule has 7 nitrogen and oxygen atoms in total. The van der Waals surface area contributed by atoms with E-state index < -0.39 is 0 Å². The molecular weight excluding hydrogens is 408 g/mol. The fourth-order valence-corrected chi connectivity index (χ4v) is 4.01. The number of aromatic nitrogens is 3. The lowest BCUT2D eigenvalue weighted by atomic mass is 10.1. The lowest BCUT2D eigenvalue weighted by molar-refractivity contribution is -0.117. The summed E-state index contributed by atoms with van der Waals surface area (Å²) in [5, 5.41) is 7.52. The van der Waals surface area contributed by atoms with Gasteiger partial charge in [0.15, 0.2) is 0 Å². The summed E-state index contributed by atoms with van der Waals surface area (Å²) < 4.78 is 4.45. The van der Waals surface area contributed by atoms with E-state index in [-0.39, 0.29) is 5.91 Å². The maximum Gasteiger partial charge on any atom is 0.238 e. The van der Waals surface area contributed by atoms with Gasteiger partial charge in [-0.05, 0) is 55.4 Å². The molecule has 2 heterocycles. The monoisotopic (exact) mass is 436 g/mol. The highest BCUT2D eigenvalue weighted by Crippen LogP contribution is 2.18. The summed E-state index contributed by atoms with van der Waals surface area (Å²) in [5.41, 5.74) is 4.21. The Morgan fingerprint density at radius 2 is 1.71 bits per heavy atom. The minimum atomic E-state index is 0.0333. The summed E-state index contributed by atoms with van der Waals surface area (Å²) >= 11 is 5.61. The van der Waals surface area contributed by atoms with Crippen molar-refractivity contribution < 1.29 is 4.79 Å². The van der Waals surface area contributed by atoms with Gasteiger partial charge in [-0.1, -0.05) is 30.3 Å². The van der Waals surface area contributed by atoms with Gasteiger partial charge >= 0.3 is 0 Å². The second-order valence-corrected chi connectivity index (χ2v) is 8.32. The molecular formula is C23H28N6OS. The van der Waals surface area contributed by atoms with E-state index in [0.717, 1.165) is 43.1 Å². The normalized spacial score (nSPS) is 15.2. The molecule has 1 aliphatic rings. The molecule has 3 aromatic rings. The summed E-state index contributed by atoms with van der Waals surface area (Å²) in [6, 6.07) is 16.0. The van der Waals surface area contributed by atoms with E-state index in [4.69, 9.17) is 12.2 Å². The van der Waals surface area contributed by atoms with Crippen LogP contribution in [-0.4, -0.2) is 62.8 Å². The van der Waals surface area contributed by atoms with Crippen LogP contribution < -0.4 is 5.32 Å². The van der Waals surface area contributed by atoms with E-state index in [1.165, 1.54) is 5.56 Å². The fraction of sp³-hybridized carbons (Fsp3) is 0.348. The number of nitrogens with one attached hydrogen (secondary N) is 1. The van der Waals surface area contributed by atoms with Crippen molar-refractivity contribution in [3.05, 3.63) is 70.8 Å². The Balaban J connectivity index is 1.28. The van der Waals surface area contributed by atoms with Crippen molar-refractivity contribution >= 4 is 23.8 Å². The molecule has 1 fully saturated rings. The van der Waals surface area contributed by atoms with Gasteiger partial charge in [0, 0.05) is 37.6 Å². The smallest absolute Gasteiger partial charge is 0.238 e. The van der Waals surface area contributed by atoms with Gasteiger partial charge in [0.25, 0.3) is 0 Å². The largest absolute Gasteiger partial charge is 0.325 e. The first-order valence-corrected chi connectivity index (χ1v) is 10.9. The number of anilines is 1. The molecule has 0 atom stereocenters. The first kappa shape index (κ1) is 21.4. The van der Waals surface area contributed by atoms with Crippen molar-refractivity contribution in [2.75, 3.05) is 38.0 Å². The minimum Gasteiger partial charge on any atom is -0.325 e. The van der Waals surface area contributed by atoms with Crippen LogP contribution in [0.4, 0.5) is 5.69 Å². The number of rotatable bonds is 6. The number of benzene rings is 2. The van der Waals surface area contributed by atoms with Crippen LogP contribution in [0, 0.1) is 18.6 Å². The molecule has 1 aliphatic heterocycles. The summed E-state index contributed by atoms with van der Waals surface area (Å²) in [6.45, 7) is 8.57. The molecule has 4 rings (SSSR count). The zero-order valence-electron chi connectivity index (χ0n) is 18.0. The highest BCUT2D eigenvalue weighted by atomic mass is 32.1. The SMILES string of the molecule is Cc1cccc(NC(=O)CN2CCN(Cn3ncn(-c4ccccc4)c3=S)CC2)c1C. The predicted octanol–water partition coefficient (Wildman–Crippen LogP) is 3.23. The van der Waals surface area contributed by atoms with E-state index in [9.17, 15) is 4.79 Å². The summed E-state index contributed by atoms with van der Waals surface area (Å²) in [6.07, 6.45) is 1.77. The van der Waals surface area contributed by atoms with Gasteiger partial charge in [-0.3, -0.25) is 19.2 Å². The zero-order valence-corrected chi connectivity index (χ0v) is 18.8. The van der Waals surface area contributed by atoms with E-state index in [0.29, 0.717) is 18.0 Å². The van der Waals surface area contributed by atoms with Crippen LogP contribution in [0.25, 0.3) is 5.69 Å². The molecule has 162 valence electrons. The van der Waals surface area contributed by atoms with Gasteiger partial charge in [-0.25, -0.2) is 4.68 Å². The van der Waals surface area contributed by atoms with Crippen LogP contribution in [0.2, 0.25) is 0 Å². The third-order valence-electron chi connectivity index (χ3n) is 5.81. The van der Waals surface area contributed by atoms with E-state index in [1.54, 1.807) is 6.33 Å². The molecule has 0 radical (unpaired) electrons. The second kappa shape index (κ2) is 9.55. The number of carbonyl (C=O) groups excluding carboxylic acids is 1. The van der Waals surface area contributed by atoms with Gasteiger partial charge in [0.2, 0.25) is 10.7 Å². The van der Waals surface area contributed by atoms with Crippen molar-refractivity contribution in [2.24, 2.45) is 0 Å². The molecule has 1 amide bonds. The number of piperazine rings is 1. The molecule has 0 spiro atoms.